The summed E-state index contributed by atoms with van der Waals surface area (Å²) in [4.78, 5) is 11.7. The van der Waals surface area contributed by atoms with Gasteiger partial charge in [-0.3, -0.25) is 0 Å². The van der Waals surface area contributed by atoms with E-state index in [1.54, 1.807) is 19.2 Å². The minimum absolute atomic E-state index is 0.228. The van der Waals surface area contributed by atoms with E-state index in [0.717, 1.165) is 23.5 Å². The smallest absolute Gasteiger partial charge is 0.319 e. The topological polar surface area (TPSA) is 59.6 Å². The van der Waals surface area contributed by atoms with Gasteiger partial charge in [0.1, 0.15) is 11.5 Å². The summed E-state index contributed by atoms with van der Waals surface area (Å²) < 4.78 is 10.7. The quantitative estimate of drug-likeness (QED) is 0.761. The number of aryl methyl sites for hydroxylation is 1. The molecule has 0 bridgehead atoms. The molecule has 0 fully saturated rings. The van der Waals surface area contributed by atoms with E-state index >= 15 is 0 Å². The molecule has 2 amide bonds. The Balaban J connectivity index is 1.83. The van der Waals surface area contributed by atoms with E-state index in [9.17, 15) is 4.79 Å². The lowest BCUT2D eigenvalue weighted by molar-refractivity contribution is 0.194. The zero-order valence-electron chi connectivity index (χ0n) is 13.5. The van der Waals surface area contributed by atoms with E-state index in [0.29, 0.717) is 18.8 Å². The van der Waals surface area contributed by atoms with Gasteiger partial charge in [0.2, 0.25) is 0 Å². The molecule has 0 radical (unpaired) electrons. The van der Waals surface area contributed by atoms with Crippen molar-refractivity contribution in [1.82, 2.24) is 5.32 Å². The Hall–Kier alpha value is -2.53. The average molecular weight is 314 g/mol. The second-order valence-corrected chi connectivity index (χ2v) is 5.17. The summed E-state index contributed by atoms with van der Waals surface area (Å²) >= 11 is 0. The summed E-state index contributed by atoms with van der Waals surface area (Å²) in [5.74, 6) is 1.52. The predicted molar refractivity (Wildman–Crippen MR) is 91.2 cm³/mol. The van der Waals surface area contributed by atoms with Gasteiger partial charge in [-0.25, -0.2) is 4.79 Å². The van der Waals surface area contributed by atoms with Crippen LogP contribution in [0, 0.1) is 6.92 Å². The number of benzene rings is 2. The third kappa shape index (κ3) is 6.00. The molecule has 0 aliphatic carbocycles. The number of urea groups is 1. The van der Waals surface area contributed by atoms with Crippen LogP contribution in [0.15, 0.2) is 48.5 Å². The highest BCUT2D eigenvalue weighted by atomic mass is 16.5. The van der Waals surface area contributed by atoms with E-state index in [4.69, 9.17) is 9.47 Å². The molecule has 2 aromatic carbocycles. The highest BCUT2D eigenvalue weighted by molar-refractivity contribution is 5.89. The summed E-state index contributed by atoms with van der Waals surface area (Å²) in [5.41, 5.74) is 1.86. The maximum absolute atomic E-state index is 11.7. The van der Waals surface area contributed by atoms with Crippen molar-refractivity contribution in [2.24, 2.45) is 0 Å². The van der Waals surface area contributed by atoms with Gasteiger partial charge in [0.25, 0.3) is 0 Å². The lowest BCUT2D eigenvalue weighted by Crippen LogP contribution is -2.29. The summed E-state index contributed by atoms with van der Waals surface area (Å²) in [6.45, 7) is 3.23. The van der Waals surface area contributed by atoms with E-state index in [-0.39, 0.29) is 6.03 Å². The SMILES string of the molecule is COCCCNC(=O)Nc1ccc(Oc2cccc(C)c2)cc1. The number of ether oxygens (including phenoxy) is 2. The number of anilines is 1. The van der Waals surface area contributed by atoms with E-state index < -0.39 is 0 Å². The third-order valence-electron chi connectivity index (χ3n) is 3.15. The lowest BCUT2D eigenvalue weighted by Gasteiger charge is -2.09. The van der Waals surface area contributed by atoms with Crippen molar-refractivity contribution >= 4 is 11.7 Å². The van der Waals surface area contributed by atoms with Crippen LogP contribution in [0.1, 0.15) is 12.0 Å². The first-order chi connectivity index (χ1) is 11.2. The monoisotopic (exact) mass is 314 g/mol. The van der Waals surface area contributed by atoms with Crippen molar-refractivity contribution in [2.45, 2.75) is 13.3 Å². The Morgan fingerprint density at radius 1 is 1.09 bits per heavy atom. The molecule has 0 aromatic heterocycles. The number of carbonyl (C=O) groups excluding carboxylic acids is 1. The summed E-state index contributed by atoms with van der Waals surface area (Å²) in [5, 5.41) is 5.54. The molecule has 2 rings (SSSR count). The summed E-state index contributed by atoms with van der Waals surface area (Å²) in [6.07, 6.45) is 0.785. The summed E-state index contributed by atoms with van der Waals surface area (Å²) in [6, 6.07) is 14.9. The molecule has 0 aliphatic rings. The Bertz CT molecular complexity index is 626. The number of carbonyl (C=O) groups is 1. The Morgan fingerprint density at radius 2 is 1.87 bits per heavy atom. The number of rotatable bonds is 7. The van der Waals surface area contributed by atoms with Crippen molar-refractivity contribution in [3.63, 3.8) is 0 Å². The highest BCUT2D eigenvalue weighted by Crippen LogP contribution is 2.23. The first kappa shape index (κ1) is 16.8. The molecule has 23 heavy (non-hydrogen) atoms. The summed E-state index contributed by atoms with van der Waals surface area (Å²) in [7, 11) is 1.64. The van der Waals surface area contributed by atoms with E-state index in [1.807, 2.05) is 43.3 Å². The van der Waals surface area contributed by atoms with Crippen LogP contribution in [0.3, 0.4) is 0 Å². The fourth-order valence-corrected chi connectivity index (χ4v) is 2.01. The lowest BCUT2D eigenvalue weighted by atomic mass is 10.2. The van der Waals surface area contributed by atoms with Gasteiger partial charge < -0.3 is 20.1 Å². The fraction of sp³-hybridized carbons (Fsp3) is 0.278. The first-order valence-electron chi connectivity index (χ1n) is 7.56. The van der Waals surface area contributed by atoms with Crippen LogP contribution < -0.4 is 15.4 Å². The molecule has 5 heteroatoms. The zero-order chi connectivity index (χ0) is 16.5. The Morgan fingerprint density at radius 3 is 2.57 bits per heavy atom. The van der Waals surface area contributed by atoms with Crippen LogP contribution in [-0.4, -0.2) is 26.3 Å². The molecule has 0 saturated heterocycles. The minimum Gasteiger partial charge on any atom is -0.457 e. The van der Waals surface area contributed by atoms with Gasteiger partial charge in [0, 0.05) is 25.9 Å². The van der Waals surface area contributed by atoms with Gasteiger partial charge in [0.05, 0.1) is 0 Å². The number of hydrogen-bond acceptors (Lipinski definition) is 3. The van der Waals surface area contributed by atoms with Gasteiger partial charge in [0.15, 0.2) is 0 Å². The molecule has 0 unspecified atom stereocenters. The van der Waals surface area contributed by atoms with Crippen molar-refractivity contribution in [3.05, 3.63) is 54.1 Å². The van der Waals surface area contributed by atoms with Crippen LogP contribution >= 0.6 is 0 Å². The molecule has 2 aromatic rings. The number of amides is 2. The molecule has 0 atom stereocenters. The van der Waals surface area contributed by atoms with Gasteiger partial charge in [-0.1, -0.05) is 12.1 Å². The molecule has 5 nitrogen and oxygen atoms in total. The van der Waals surface area contributed by atoms with Gasteiger partial charge in [-0.15, -0.1) is 0 Å². The zero-order valence-corrected chi connectivity index (χ0v) is 13.5. The second kappa shape index (κ2) is 8.80. The van der Waals surface area contributed by atoms with Crippen molar-refractivity contribution in [2.75, 3.05) is 25.6 Å². The largest absolute Gasteiger partial charge is 0.457 e. The van der Waals surface area contributed by atoms with Gasteiger partial charge in [-0.2, -0.15) is 0 Å². The van der Waals surface area contributed by atoms with Crippen LogP contribution in [0.5, 0.6) is 11.5 Å². The molecule has 2 N–H and O–H groups in total. The maximum Gasteiger partial charge on any atom is 0.319 e. The number of methoxy groups -OCH3 is 1. The van der Waals surface area contributed by atoms with Gasteiger partial charge >= 0.3 is 6.03 Å². The van der Waals surface area contributed by atoms with Crippen molar-refractivity contribution in [1.29, 1.82) is 0 Å². The molecule has 0 aliphatic heterocycles. The van der Waals surface area contributed by atoms with Crippen molar-refractivity contribution < 1.29 is 14.3 Å². The second-order valence-electron chi connectivity index (χ2n) is 5.17. The minimum atomic E-state index is -0.228. The first-order valence-corrected chi connectivity index (χ1v) is 7.56. The average Bonchev–Trinajstić information content (AvgIpc) is 2.54. The molecular formula is C18H22N2O3. The number of nitrogens with one attached hydrogen (secondary N) is 2. The Labute approximate surface area is 136 Å². The molecule has 0 heterocycles. The molecule has 0 saturated carbocycles. The molecule has 0 spiro atoms. The van der Waals surface area contributed by atoms with Crippen LogP contribution in [0.25, 0.3) is 0 Å². The van der Waals surface area contributed by atoms with Crippen molar-refractivity contribution in [3.8, 4) is 11.5 Å². The highest BCUT2D eigenvalue weighted by Gasteiger charge is 2.02. The van der Waals surface area contributed by atoms with E-state index in [2.05, 4.69) is 10.6 Å². The standard InChI is InChI=1S/C18H22N2O3/c1-14-5-3-6-17(13-14)23-16-9-7-15(8-10-16)20-18(21)19-11-4-12-22-2/h3,5-10,13H,4,11-12H2,1-2H3,(H2,19,20,21). The maximum atomic E-state index is 11.7. The fourth-order valence-electron chi connectivity index (χ4n) is 2.01. The van der Waals surface area contributed by atoms with Crippen LogP contribution in [-0.2, 0) is 4.74 Å². The number of hydrogen-bond donors (Lipinski definition) is 2. The van der Waals surface area contributed by atoms with E-state index in [1.165, 1.54) is 0 Å². The molecule has 122 valence electrons. The normalized spacial score (nSPS) is 10.2. The Kier molecular flexibility index (Phi) is 6.44. The molecular weight excluding hydrogens is 292 g/mol. The van der Waals surface area contributed by atoms with Crippen LogP contribution in [0.2, 0.25) is 0 Å². The van der Waals surface area contributed by atoms with Gasteiger partial charge in [-0.05, 0) is 55.3 Å². The third-order valence-corrected chi connectivity index (χ3v) is 3.15. The van der Waals surface area contributed by atoms with Crippen LogP contribution in [0.4, 0.5) is 10.5 Å². The predicted octanol–water partition coefficient (Wildman–Crippen LogP) is 3.95.